The highest BCUT2D eigenvalue weighted by molar-refractivity contribution is 7.13. The Morgan fingerprint density at radius 2 is 2.35 bits per heavy atom. The quantitative estimate of drug-likeness (QED) is 0.768. The summed E-state index contributed by atoms with van der Waals surface area (Å²) in [5, 5.41) is 5.18. The lowest BCUT2D eigenvalue weighted by atomic mass is 10.3. The Bertz CT molecular complexity index is 627. The van der Waals surface area contributed by atoms with Crippen molar-refractivity contribution >= 4 is 17.0 Å². The molecule has 0 aliphatic heterocycles. The minimum absolute atomic E-state index is 0.734. The molecule has 1 N–H and O–H groups in total. The van der Waals surface area contributed by atoms with Gasteiger partial charge in [-0.05, 0) is 24.6 Å². The average molecular weight is 244 g/mol. The number of imidazole rings is 1. The van der Waals surface area contributed by atoms with Crippen LogP contribution in [0.25, 0.3) is 16.2 Å². The molecule has 3 aromatic rings. The molecule has 3 aromatic heterocycles. The molecular weight excluding hydrogens is 232 g/mol. The summed E-state index contributed by atoms with van der Waals surface area (Å²) in [7, 11) is 1.92. The highest BCUT2D eigenvalue weighted by atomic mass is 32.1. The van der Waals surface area contributed by atoms with Crippen molar-refractivity contribution in [2.45, 2.75) is 6.54 Å². The zero-order valence-electron chi connectivity index (χ0n) is 9.42. The highest BCUT2D eigenvalue weighted by Gasteiger charge is 2.13. The molecule has 0 aliphatic carbocycles. The van der Waals surface area contributed by atoms with E-state index < -0.39 is 0 Å². The average Bonchev–Trinajstić information content (AvgIpc) is 2.97. The van der Waals surface area contributed by atoms with E-state index in [0.717, 1.165) is 28.6 Å². The van der Waals surface area contributed by atoms with E-state index in [-0.39, 0.29) is 0 Å². The molecule has 5 heteroatoms. The Labute approximate surface area is 103 Å². The van der Waals surface area contributed by atoms with E-state index in [9.17, 15) is 0 Å². The van der Waals surface area contributed by atoms with Crippen LogP contribution in [0.3, 0.4) is 0 Å². The molecule has 0 atom stereocenters. The highest BCUT2D eigenvalue weighted by Crippen LogP contribution is 2.27. The molecule has 17 heavy (non-hydrogen) atoms. The van der Waals surface area contributed by atoms with Crippen molar-refractivity contribution in [2.24, 2.45) is 0 Å². The van der Waals surface area contributed by atoms with Gasteiger partial charge in [-0.3, -0.25) is 4.40 Å². The van der Waals surface area contributed by atoms with Gasteiger partial charge in [-0.2, -0.15) is 0 Å². The van der Waals surface area contributed by atoms with E-state index in [1.54, 1.807) is 17.5 Å². The van der Waals surface area contributed by atoms with Gasteiger partial charge in [0, 0.05) is 12.4 Å². The number of hydrogen-bond acceptors (Lipinski definition) is 4. The molecule has 0 unspecified atom stereocenters. The Morgan fingerprint density at radius 3 is 3.12 bits per heavy atom. The standard InChI is InChI=1S/C12H12N4S/c1-13-8-10-15-11(9-4-2-7-17-9)12-14-5-3-6-16(10)12/h2-7,13H,8H2,1H3. The Morgan fingerprint density at radius 1 is 1.41 bits per heavy atom. The SMILES string of the molecule is CNCc1nc(-c2cccs2)c2ncccn12. The first kappa shape index (κ1) is 10.4. The number of fused-ring (bicyclic) bond motifs is 1. The molecule has 3 rings (SSSR count). The molecule has 0 spiro atoms. The molecule has 0 bridgehead atoms. The van der Waals surface area contributed by atoms with Gasteiger partial charge in [0.1, 0.15) is 11.5 Å². The molecule has 4 nitrogen and oxygen atoms in total. The molecule has 86 valence electrons. The lowest BCUT2D eigenvalue weighted by molar-refractivity contribution is 0.754. The van der Waals surface area contributed by atoms with E-state index in [4.69, 9.17) is 0 Å². The van der Waals surface area contributed by atoms with Crippen molar-refractivity contribution in [3.63, 3.8) is 0 Å². The van der Waals surface area contributed by atoms with E-state index in [1.807, 2.05) is 29.8 Å². The minimum Gasteiger partial charge on any atom is -0.313 e. The fourth-order valence-corrected chi connectivity index (χ4v) is 2.56. The van der Waals surface area contributed by atoms with Crippen molar-refractivity contribution in [3.8, 4) is 10.6 Å². The van der Waals surface area contributed by atoms with Crippen molar-refractivity contribution < 1.29 is 0 Å². The van der Waals surface area contributed by atoms with Gasteiger partial charge in [0.15, 0.2) is 5.65 Å². The van der Waals surface area contributed by atoms with Gasteiger partial charge in [0.25, 0.3) is 0 Å². The maximum atomic E-state index is 4.67. The van der Waals surface area contributed by atoms with Crippen molar-refractivity contribution in [1.82, 2.24) is 19.7 Å². The second kappa shape index (κ2) is 4.27. The largest absolute Gasteiger partial charge is 0.313 e. The number of hydrogen-bond donors (Lipinski definition) is 1. The minimum atomic E-state index is 0.734. The van der Waals surface area contributed by atoms with Crippen LogP contribution in [0.1, 0.15) is 5.82 Å². The van der Waals surface area contributed by atoms with Crippen LogP contribution in [-0.2, 0) is 6.54 Å². The van der Waals surface area contributed by atoms with E-state index in [1.165, 1.54) is 0 Å². The predicted octanol–water partition coefficient (Wildman–Crippen LogP) is 2.18. The van der Waals surface area contributed by atoms with Gasteiger partial charge in [-0.15, -0.1) is 11.3 Å². The third-order valence-electron chi connectivity index (χ3n) is 2.57. The topological polar surface area (TPSA) is 42.2 Å². The van der Waals surface area contributed by atoms with Gasteiger partial charge in [0.05, 0.1) is 11.4 Å². The van der Waals surface area contributed by atoms with Crippen LogP contribution >= 0.6 is 11.3 Å². The predicted molar refractivity (Wildman–Crippen MR) is 69.1 cm³/mol. The number of nitrogens with one attached hydrogen (secondary N) is 1. The fourth-order valence-electron chi connectivity index (χ4n) is 1.85. The Kier molecular flexibility index (Phi) is 2.62. The van der Waals surface area contributed by atoms with Crippen molar-refractivity contribution in [3.05, 3.63) is 41.8 Å². The first-order valence-electron chi connectivity index (χ1n) is 5.40. The molecule has 0 amide bonds. The lowest BCUT2D eigenvalue weighted by Crippen LogP contribution is -2.08. The molecular formula is C12H12N4S. The van der Waals surface area contributed by atoms with Crippen molar-refractivity contribution in [2.75, 3.05) is 7.05 Å². The summed E-state index contributed by atoms with van der Waals surface area (Å²) >= 11 is 1.69. The third kappa shape index (κ3) is 1.73. The first-order valence-corrected chi connectivity index (χ1v) is 6.28. The molecule has 0 saturated carbocycles. The second-order valence-electron chi connectivity index (χ2n) is 3.70. The molecule has 0 fully saturated rings. The summed E-state index contributed by atoms with van der Waals surface area (Å²) in [6, 6.07) is 6.03. The fraction of sp³-hybridized carbons (Fsp3) is 0.167. The number of thiophene rings is 1. The maximum absolute atomic E-state index is 4.67. The maximum Gasteiger partial charge on any atom is 0.165 e. The smallest absolute Gasteiger partial charge is 0.165 e. The summed E-state index contributed by atoms with van der Waals surface area (Å²) in [5.41, 5.74) is 1.88. The monoisotopic (exact) mass is 244 g/mol. The van der Waals surface area contributed by atoms with Crippen LogP contribution in [0.15, 0.2) is 36.0 Å². The van der Waals surface area contributed by atoms with Crippen LogP contribution < -0.4 is 5.32 Å². The summed E-state index contributed by atoms with van der Waals surface area (Å²) in [6.07, 6.45) is 3.80. The van der Waals surface area contributed by atoms with Gasteiger partial charge >= 0.3 is 0 Å². The number of rotatable bonds is 3. The summed E-state index contributed by atoms with van der Waals surface area (Å²) in [4.78, 5) is 10.2. The van der Waals surface area contributed by atoms with E-state index in [2.05, 4.69) is 26.7 Å². The molecule has 0 aromatic carbocycles. The summed E-state index contributed by atoms with van der Waals surface area (Å²) in [5.74, 6) is 0.985. The zero-order valence-corrected chi connectivity index (χ0v) is 10.2. The summed E-state index contributed by atoms with van der Waals surface area (Å²) in [6.45, 7) is 0.734. The molecule has 3 heterocycles. The van der Waals surface area contributed by atoms with Crippen LogP contribution in [-0.4, -0.2) is 21.4 Å². The third-order valence-corrected chi connectivity index (χ3v) is 3.44. The molecule has 0 saturated heterocycles. The Balaban J connectivity index is 2.25. The lowest BCUT2D eigenvalue weighted by Gasteiger charge is -1.97. The van der Waals surface area contributed by atoms with Gasteiger partial charge in [-0.25, -0.2) is 9.97 Å². The van der Waals surface area contributed by atoms with E-state index >= 15 is 0 Å². The number of aromatic nitrogens is 3. The van der Waals surface area contributed by atoms with E-state index in [0.29, 0.717) is 0 Å². The molecule has 0 radical (unpaired) electrons. The summed E-state index contributed by atoms with van der Waals surface area (Å²) < 4.78 is 2.03. The van der Waals surface area contributed by atoms with Crippen LogP contribution in [0.2, 0.25) is 0 Å². The van der Waals surface area contributed by atoms with Crippen LogP contribution in [0.4, 0.5) is 0 Å². The normalized spacial score (nSPS) is 11.1. The van der Waals surface area contributed by atoms with Crippen LogP contribution in [0, 0.1) is 0 Å². The first-order chi connectivity index (χ1) is 8.40. The number of nitrogens with zero attached hydrogens (tertiary/aromatic N) is 3. The van der Waals surface area contributed by atoms with Gasteiger partial charge < -0.3 is 5.32 Å². The second-order valence-corrected chi connectivity index (χ2v) is 4.65. The van der Waals surface area contributed by atoms with Crippen molar-refractivity contribution in [1.29, 1.82) is 0 Å². The van der Waals surface area contributed by atoms with Crippen LogP contribution in [0.5, 0.6) is 0 Å². The van der Waals surface area contributed by atoms with Gasteiger partial charge in [-0.1, -0.05) is 6.07 Å². The van der Waals surface area contributed by atoms with Gasteiger partial charge in [0.2, 0.25) is 0 Å². The molecule has 0 aliphatic rings. The Hall–Kier alpha value is -1.72. The zero-order chi connectivity index (χ0) is 11.7.